The van der Waals surface area contributed by atoms with Crippen LogP contribution in [0.4, 0.5) is 11.5 Å². The van der Waals surface area contributed by atoms with E-state index in [1.165, 1.54) is 18.5 Å². The van der Waals surface area contributed by atoms with Gasteiger partial charge in [-0.3, -0.25) is 10.4 Å². The molecule has 2 fully saturated rings. The quantitative estimate of drug-likeness (QED) is 0.201. The summed E-state index contributed by atoms with van der Waals surface area (Å²) in [5, 5.41) is 19.7. The minimum absolute atomic E-state index is 0.0990. The van der Waals surface area contributed by atoms with Crippen LogP contribution in [-0.2, 0) is 0 Å². The highest BCUT2D eigenvalue weighted by atomic mass is 35.5. The van der Waals surface area contributed by atoms with E-state index >= 15 is 0 Å². The van der Waals surface area contributed by atoms with Gasteiger partial charge in [0.1, 0.15) is 23.7 Å². The van der Waals surface area contributed by atoms with E-state index in [0.29, 0.717) is 55.0 Å². The smallest absolute Gasteiger partial charge is 0.146 e. The lowest BCUT2D eigenvalue weighted by molar-refractivity contribution is 0.0474. The van der Waals surface area contributed by atoms with Gasteiger partial charge in [0.05, 0.1) is 26.3 Å². The number of pyridine rings is 2. The zero-order valence-corrected chi connectivity index (χ0v) is 23.7. The maximum absolute atomic E-state index is 9.85. The molecule has 8 nitrogen and oxygen atoms in total. The molecule has 0 bridgehead atoms. The molecule has 0 unspecified atom stereocenters. The lowest BCUT2D eigenvalue weighted by Gasteiger charge is -2.60. The standard InChI is InChI=1S/C26H24Cl3N7OS/c1-14(23-19(28)8-33-9-20(23)29)37-22-4-17(21(31)5-18(22)27)24(32)16-3-15(6-30)25(34-7-16)35-10-26(11-35)12-36(13-26)38-2/h3-5,7-9,14,32H,10-13,31H2,1-2H3/t14-/m1/s1. The monoisotopic (exact) mass is 587 g/mol. The lowest BCUT2D eigenvalue weighted by Crippen LogP contribution is -2.70. The van der Waals surface area contributed by atoms with Gasteiger partial charge < -0.3 is 15.4 Å². The first-order chi connectivity index (χ1) is 18.1. The zero-order chi connectivity index (χ0) is 27.2. The highest BCUT2D eigenvalue weighted by Crippen LogP contribution is 2.44. The van der Waals surface area contributed by atoms with Crippen molar-refractivity contribution in [1.29, 1.82) is 10.7 Å². The van der Waals surface area contributed by atoms with Gasteiger partial charge in [-0.15, -0.1) is 0 Å². The summed E-state index contributed by atoms with van der Waals surface area (Å²) in [7, 11) is 0. The van der Waals surface area contributed by atoms with Crippen molar-refractivity contribution < 1.29 is 4.74 Å². The van der Waals surface area contributed by atoms with Crippen LogP contribution in [0.3, 0.4) is 0 Å². The van der Waals surface area contributed by atoms with Crippen LogP contribution < -0.4 is 15.4 Å². The fourth-order valence-electron chi connectivity index (χ4n) is 4.96. The van der Waals surface area contributed by atoms with Crippen LogP contribution in [0.5, 0.6) is 5.75 Å². The predicted molar refractivity (Wildman–Crippen MR) is 154 cm³/mol. The van der Waals surface area contributed by atoms with Gasteiger partial charge in [-0.05, 0) is 31.4 Å². The van der Waals surface area contributed by atoms with Crippen LogP contribution in [0.15, 0.2) is 36.8 Å². The predicted octanol–water partition coefficient (Wildman–Crippen LogP) is 5.85. The Kier molecular flexibility index (Phi) is 7.37. The van der Waals surface area contributed by atoms with Gasteiger partial charge >= 0.3 is 0 Å². The molecule has 2 aromatic heterocycles. The summed E-state index contributed by atoms with van der Waals surface area (Å²) >= 11 is 20.8. The molecule has 0 aliphatic carbocycles. The van der Waals surface area contributed by atoms with Crippen molar-refractivity contribution in [2.24, 2.45) is 5.41 Å². The number of benzene rings is 1. The summed E-state index contributed by atoms with van der Waals surface area (Å²) in [5.41, 5.74) is 8.79. The van der Waals surface area contributed by atoms with Crippen LogP contribution in [0.2, 0.25) is 15.1 Å². The third-order valence-corrected chi connectivity index (χ3v) is 8.56. The third kappa shape index (κ3) is 4.88. The first kappa shape index (κ1) is 26.9. The molecule has 12 heteroatoms. The van der Waals surface area contributed by atoms with Gasteiger partial charge in [-0.25, -0.2) is 9.29 Å². The van der Waals surface area contributed by atoms with Crippen molar-refractivity contribution in [3.8, 4) is 11.8 Å². The Labute approximate surface area is 240 Å². The van der Waals surface area contributed by atoms with E-state index in [9.17, 15) is 5.26 Å². The Morgan fingerprint density at radius 1 is 1.13 bits per heavy atom. The number of halogens is 3. The third-order valence-electron chi connectivity index (χ3n) is 6.88. The van der Waals surface area contributed by atoms with E-state index in [4.69, 9.17) is 50.7 Å². The van der Waals surface area contributed by atoms with Crippen LogP contribution >= 0.6 is 46.8 Å². The summed E-state index contributed by atoms with van der Waals surface area (Å²) in [5.74, 6) is 0.957. The Hall–Kier alpha value is -2.74. The first-order valence-electron chi connectivity index (χ1n) is 11.7. The number of ether oxygens (including phenoxy) is 1. The number of nitriles is 1. The van der Waals surface area contributed by atoms with Crippen LogP contribution in [0.25, 0.3) is 0 Å². The Balaban J connectivity index is 1.37. The zero-order valence-electron chi connectivity index (χ0n) is 20.6. The number of hydrogen-bond donors (Lipinski definition) is 2. The molecule has 1 aromatic carbocycles. The highest BCUT2D eigenvalue weighted by molar-refractivity contribution is 7.96. The molecule has 4 heterocycles. The molecule has 3 N–H and O–H groups in total. The molecule has 38 heavy (non-hydrogen) atoms. The highest BCUT2D eigenvalue weighted by Gasteiger charge is 2.52. The van der Waals surface area contributed by atoms with Gasteiger partial charge in [0.15, 0.2) is 0 Å². The molecule has 2 saturated heterocycles. The second kappa shape index (κ2) is 10.4. The van der Waals surface area contributed by atoms with Crippen LogP contribution in [-0.4, -0.2) is 52.4 Å². The number of hydrogen-bond acceptors (Lipinski definition) is 9. The van der Waals surface area contributed by atoms with Crippen LogP contribution in [0, 0.1) is 22.2 Å². The first-order valence-corrected chi connectivity index (χ1v) is 14.0. The molecule has 1 spiro atoms. The number of nitrogens with two attached hydrogens (primary N) is 1. The minimum atomic E-state index is -0.550. The van der Waals surface area contributed by atoms with Crippen LogP contribution in [0.1, 0.15) is 35.3 Å². The fraction of sp³-hybridized carbons (Fsp3) is 0.308. The van der Waals surface area contributed by atoms with E-state index in [1.54, 1.807) is 37.2 Å². The Bertz CT molecular complexity index is 1440. The summed E-state index contributed by atoms with van der Waals surface area (Å²) in [6.45, 7) is 5.63. The number of anilines is 2. The van der Waals surface area contributed by atoms with Gasteiger partial charge in [0.2, 0.25) is 0 Å². The number of nitrogens with one attached hydrogen (secondary N) is 1. The van der Waals surface area contributed by atoms with Crippen molar-refractivity contribution in [3.63, 3.8) is 0 Å². The molecule has 196 valence electrons. The molecule has 2 aliphatic rings. The van der Waals surface area contributed by atoms with Gasteiger partial charge in [-0.1, -0.05) is 46.8 Å². The van der Waals surface area contributed by atoms with Crippen molar-refractivity contribution >= 4 is 64.0 Å². The second-order valence-corrected chi connectivity index (χ2v) is 11.7. The van der Waals surface area contributed by atoms with E-state index in [1.807, 2.05) is 0 Å². The maximum Gasteiger partial charge on any atom is 0.146 e. The molecule has 3 aromatic rings. The average Bonchev–Trinajstić information content (AvgIpc) is 2.83. The fourth-order valence-corrected chi connectivity index (χ4v) is 6.66. The second-order valence-electron chi connectivity index (χ2n) is 9.57. The van der Waals surface area contributed by atoms with E-state index in [-0.39, 0.29) is 10.7 Å². The van der Waals surface area contributed by atoms with Gasteiger partial charge in [0, 0.05) is 72.6 Å². The summed E-state index contributed by atoms with van der Waals surface area (Å²) in [6.07, 6.45) is 6.12. The average molecular weight is 589 g/mol. The van der Waals surface area contributed by atoms with E-state index in [2.05, 4.69) is 31.5 Å². The SMILES string of the molecule is CSN1CC2(C1)CN(c1ncc(C(=N)c3cc(O[C@H](C)c4c(Cl)cncc4Cl)c(Cl)cc3N)cc1C#N)C2. The topological polar surface area (TPSA) is 115 Å². The Morgan fingerprint density at radius 3 is 2.45 bits per heavy atom. The largest absolute Gasteiger partial charge is 0.484 e. The summed E-state index contributed by atoms with van der Waals surface area (Å²) in [6, 6.07) is 7.06. The van der Waals surface area contributed by atoms with Crippen molar-refractivity contribution in [2.45, 2.75) is 13.0 Å². The molecule has 0 radical (unpaired) electrons. The number of aromatic nitrogens is 2. The van der Waals surface area contributed by atoms with E-state index < -0.39 is 6.10 Å². The maximum atomic E-state index is 9.85. The van der Waals surface area contributed by atoms with Crippen molar-refractivity contribution in [2.75, 3.05) is 43.1 Å². The molecule has 2 aliphatic heterocycles. The minimum Gasteiger partial charge on any atom is -0.484 e. The molecular weight excluding hydrogens is 565 g/mol. The van der Waals surface area contributed by atoms with Gasteiger partial charge in [-0.2, -0.15) is 5.26 Å². The number of nitrogens with zero attached hydrogens (tertiary/aromatic N) is 5. The summed E-state index contributed by atoms with van der Waals surface area (Å²) < 4.78 is 8.41. The molecule has 0 amide bonds. The number of nitrogen functional groups attached to an aromatic ring is 1. The van der Waals surface area contributed by atoms with E-state index in [0.717, 1.165) is 26.2 Å². The molecule has 5 rings (SSSR count). The molecular formula is C26H24Cl3N7OS. The lowest BCUT2D eigenvalue weighted by atomic mass is 9.74. The number of rotatable bonds is 7. The van der Waals surface area contributed by atoms with Crippen molar-refractivity contribution in [3.05, 3.63) is 74.1 Å². The Morgan fingerprint density at radius 2 is 1.82 bits per heavy atom. The van der Waals surface area contributed by atoms with Gasteiger partial charge in [0.25, 0.3) is 0 Å². The summed E-state index contributed by atoms with van der Waals surface area (Å²) in [4.78, 5) is 10.7. The normalized spacial score (nSPS) is 16.9. The molecule has 1 atom stereocenters. The van der Waals surface area contributed by atoms with Crippen molar-refractivity contribution in [1.82, 2.24) is 14.3 Å². The molecule has 0 saturated carbocycles.